The molecule has 1 heterocycles. The Hall–Kier alpha value is -4.58. The van der Waals surface area contributed by atoms with E-state index in [2.05, 4.69) is 20.4 Å². The number of rotatable bonds is 12. The number of carbonyl (C=O) groups is 4. The number of ether oxygens (including phenoxy) is 1. The molecule has 0 saturated heterocycles. The Morgan fingerprint density at radius 1 is 0.821 bits per heavy atom. The monoisotopic (exact) mass is 552 g/mol. The van der Waals surface area contributed by atoms with Crippen molar-refractivity contribution in [1.29, 1.82) is 0 Å². The van der Waals surface area contributed by atoms with Crippen LogP contribution in [0.15, 0.2) is 77.8 Å². The number of aromatic nitrogens is 1. The molecule has 0 bridgehead atoms. The van der Waals surface area contributed by atoms with Crippen LogP contribution < -0.4 is 15.4 Å². The summed E-state index contributed by atoms with van der Waals surface area (Å²) in [4.78, 5) is 51.3. The van der Waals surface area contributed by atoms with Gasteiger partial charge in [0.05, 0.1) is 17.6 Å². The molecule has 3 amide bonds. The number of pyridine rings is 1. The van der Waals surface area contributed by atoms with Crippen molar-refractivity contribution in [2.24, 2.45) is 0 Å². The Morgan fingerprint density at radius 3 is 2.15 bits per heavy atom. The van der Waals surface area contributed by atoms with Crippen LogP contribution in [0.4, 0.5) is 0 Å². The fourth-order valence-electron chi connectivity index (χ4n) is 3.39. The first-order chi connectivity index (χ1) is 18.7. The van der Waals surface area contributed by atoms with E-state index in [-0.39, 0.29) is 28.6 Å². The minimum absolute atomic E-state index is 0.0647. The maximum atomic E-state index is 12.7. The van der Waals surface area contributed by atoms with Crippen molar-refractivity contribution in [2.75, 3.05) is 20.2 Å². The first-order valence-corrected chi connectivity index (χ1v) is 13.4. The fourth-order valence-corrected chi connectivity index (χ4v) is 4.36. The molecule has 11 nitrogen and oxygen atoms in total. The molecule has 3 rings (SSSR count). The van der Waals surface area contributed by atoms with Crippen LogP contribution in [0.3, 0.4) is 0 Å². The first-order valence-electron chi connectivity index (χ1n) is 12.0. The molecule has 0 saturated carbocycles. The maximum Gasteiger partial charge on any atom is 0.325 e. The van der Waals surface area contributed by atoms with Gasteiger partial charge in [0.1, 0.15) is 12.2 Å². The molecule has 0 unspecified atom stereocenters. The quantitative estimate of drug-likeness (QED) is 0.284. The van der Waals surface area contributed by atoms with Crippen molar-refractivity contribution in [3.05, 3.63) is 95.3 Å². The summed E-state index contributed by atoms with van der Waals surface area (Å²) in [5.74, 6) is -2.29. The lowest BCUT2D eigenvalue weighted by Gasteiger charge is -2.09. The Balaban J connectivity index is 1.47. The zero-order valence-electron chi connectivity index (χ0n) is 21.2. The third-order valence-electron chi connectivity index (χ3n) is 5.56. The van der Waals surface area contributed by atoms with E-state index >= 15 is 0 Å². The lowest BCUT2D eigenvalue weighted by molar-refractivity contribution is -0.139. The van der Waals surface area contributed by atoms with E-state index in [4.69, 9.17) is 0 Å². The van der Waals surface area contributed by atoms with Crippen LogP contribution in [0.5, 0.6) is 0 Å². The zero-order chi connectivity index (χ0) is 28.3. The van der Waals surface area contributed by atoms with Crippen molar-refractivity contribution in [2.45, 2.75) is 24.2 Å². The summed E-state index contributed by atoms with van der Waals surface area (Å²) in [5, 5.41) is 5.15. The third-order valence-corrected chi connectivity index (χ3v) is 6.91. The summed E-state index contributed by atoms with van der Waals surface area (Å²) in [5.41, 5.74) is 1.75. The number of aryl methyl sites for hydroxylation is 1. The number of esters is 1. The molecule has 2 aromatic carbocycles. The third kappa shape index (κ3) is 9.04. The van der Waals surface area contributed by atoms with E-state index < -0.39 is 27.8 Å². The molecule has 39 heavy (non-hydrogen) atoms. The normalized spacial score (nSPS) is 10.8. The van der Waals surface area contributed by atoms with Gasteiger partial charge in [-0.1, -0.05) is 42.5 Å². The second-order valence-corrected chi connectivity index (χ2v) is 10.0. The smallest absolute Gasteiger partial charge is 0.325 e. The number of hydrogen-bond acceptors (Lipinski definition) is 8. The van der Waals surface area contributed by atoms with Gasteiger partial charge in [-0.15, -0.1) is 0 Å². The van der Waals surface area contributed by atoms with E-state index in [1.807, 2.05) is 35.1 Å². The van der Waals surface area contributed by atoms with Crippen LogP contribution in [-0.4, -0.2) is 57.3 Å². The lowest BCUT2D eigenvalue weighted by atomic mass is 10.1. The van der Waals surface area contributed by atoms with Crippen molar-refractivity contribution in [3.63, 3.8) is 0 Å². The predicted molar refractivity (Wildman–Crippen MR) is 141 cm³/mol. The minimum atomic E-state index is -4.17. The van der Waals surface area contributed by atoms with Crippen molar-refractivity contribution < 1.29 is 32.3 Å². The van der Waals surface area contributed by atoms with Crippen LogP contribution in [0.25, 0.3) is 0 Å². The average molecular weight is 553 g/mol. The van der Waals surface area contributed by atoms with Gasteiger partial charge >= 0.3 is 5.97 Å². The highest BCUT2D eigenvalue weighted by Crippen LogP contribution is 2.12. The van der Waals surface area contributed by atoms with E-state index in [1.54, 1.807) is 12.1 Å². The molecule has 0 spiro atoms. The molecule has 0 aliphatic rings. The Morgan fingerprint density at radius 2 is 1.51 bits per heavy atom. The number of sulfonamides is 1. The Bertz CT molecular complexity index is 1410. The van der Waals surface area contributed by atoms with Crippen LogP contribution in [-0.2, 0) is 37.2 Å². The highest BCUT2D eigenvalue weighted by molar-refractivity contribution is 7.90. The summed E-state index contributed by atoms with van der Waals surface area (Å²) < 4.78 is 31.7. The van der Waals surface area contributed by atoms with E-state index in [1.165, 1.54) is 31.4 Å². The molecule has 12 heteroatoms. The van der Waals surface area contributed by atoms with Gasteiger partial charge in [0, 0.05) is 19.2 Å². The number of methoxy groups -OCH3 is 1. The van der Waals surface area contributed by atoms with Crippen LogP contribution in [0.1, 0.15) is 38.4 Å². The Labute approximate surface area is 226 Å². The van der Waals surface area contributed by atoms with Crippen molar-refractivity contribution in [3.8, 4) is 0 Å². The van der Waals surface area contributed by atoms with Gasteiger partial charge in [0.25, 0.3) is 21.8 Å². The van der Waals surface area contributed by atoms with Crippen molar-refractivity contribution >= 4 is 33.7 Å². The molecule has 0 radical (unpaired) electrons. The number of nitrogens with one attached hydrogen (secondary N) is 3. The fraction of sp³-hybridized carbons (Fsp3) is 0.222. The van der Waals surface area contributed by atoms with Crippen LogP contribution in [0.2, 0.25) is 0 Å². The minimum Gasteiger partial charge on any atom is -0.468 e. The first kappa shape index (κ1) is 29.0. The van der Waals surface area contributed by atoms with Gasteiger partial charge in [0.15, 0.2) is 0 Å². The molecule has 204 valence electrons. The van der Waals surface area contributed by atoms with Crippen molar-refractivity contribution in [1.82, 2.24) is 20.3 Å². The summed E-state index contributed by atoms with van der Waals surface area (Å²) >= 11 is 0. The van der Waals surface area contributed by atoms with Gasteiger partial charge in [-0.25, -0.2) is 13.1 Å². The molecule has 3 aromatic rings. The molecular weight excluding hydrogens is 524 g/mol. The average Bonchev–Trinajstić information content (AvgIpc) is 2.95. The van der Waals surface area contributed by atoms with Gasteiger partial charge in [-0.3, -0.25) is 24.2 Å². The van der Waals surface area contributed by atoms with Gasteiger partial charge in [0.2, 0.25) is 5.91 Å². The second-order valence-electron chi connectivity index (χ2n) is 8.36. The molecule has 3 N–H and O–H groups in total. The van der Waals surface area contributed by atoms with Gasteiger partial charge in [-0.2, -0.15) is 0 Å². The maximum absolute atomic E-state index is 12.7. The standard InChI is InChI=1S/C27H28N4O7S/c1-38-25(33)18-30-27(35)23-13-10-21(17-29-23)26(34)31-39(36,37)22-11-7-20(8-12-22)15-16-28-24(32)14-9-19-5-3-2-4-6-19/h2-8,10-13,17H,9,14-16,18H2,1H3,(H,28,32)(H,30,35)(H,31,34). The van der Waals surface area contributed by atoms with Crippen LogP contribution in [0, 0.1) is 0 Å². The molecule has 0 aliphatic carbocycles. The molecule has 0 atom stereocenters. The van der Waals surface area contributed by atoms with Gasteiger partial charge in [-0.05, 0) is 48.2 Å². The number of amides is 3. The summed E-state index contributed by atoms with van der Waals surface area (Å²) in [6, 6.07) is 18.1. The summed E-state index contributed by atoms with van der Waals surface area (Å²) in [6.45, 7) is 0.0554. The number of carbonyl (C=O) groups excluding carboxylic acids is 4. The number of nitrogens with zero attached hydrogens (tertiary/aromatic N) is 1. The molecule has 1 aromatic heterocycles. The highest BCUT2D eigenvalue weighted by Gasteiger charge is 2.19. The van der Waals surface area contributed by atoms with Crippen LogP contribution >= 0.6 is 0 Å². The molecule has 0 fully saturated rings. The van der Waals surface area contributed by atoms with E-state index in [9.17, 15) is 27.6 Å². The summed E-state index contributed by atoms with van der Waals surface area (Å²) in [6.07, 6.45) is 2.59. The topological polar surface area (TPSA) is 161 Å². The SMILES string of the molecule is COC(=O)CNC(=O)c1ccc(C(=O)NS(=O)(=O)c2ccc(CCNC(=O)CCc3ccccc3)cc2)cn1. The second kappa shape index (κ2) is 13.8. The highest BCUT2D eigenvalue weighted by atomic mass is 32.2. The zero-order valence-corrected chi connectivity index (χ0v) is 22.0. The Kier molecular flexibility index (Phi) is 10.3. The molecule has 0 aliphatic heterocycles. The molecular formula is C27H28N4O7S. The van der Waals surface area contributed by atoms with E-state index in [0.29, 0.717) is 25.8 Å². The van der Waals surface area contributed by atoms with Gasteiger partial charge < -0.3 is 15.4 Å². The summed E-state index contributed by atoms with van der Waals surface area (Å²) in [7, 11) is -2.99. The van der Waals surface area contributed by atoms with E-state index in [0.717, 1.165) is 17.3 Å². The number of benzene rings is 2. The number of hydrogen-bond donors (Lipinski definition) is 3. The predicted octanol–water partition coefficient (Wildman–Crippen LogP) is 1.39. The largest absolute Gasteiger partial charge is 0.468 e. The lowest BCUT2D eigenvalue weighted by Crippen LogP contribution is -2.32.